The Balaban J connectivity index is 1.59. The van der Waals surface area contributed by atoms with Crippen molar-refractivity contribution in [3.63, 3.8) is 0 Å². The molecule has 2 fully saturated rings. The molecule has 2 aromatic heterocycles. The zero-order valence-electron chi connectivity index (χ0n) is 12.3. The Kier molecular flexibility index (Phi) is 2.91. The first-order valence-corrected chi connectivity index (χ1v) is 8.65. The first-order chi connectivity index (χ1) is 11.3. The van der Waals surface area contributed by atoms with Gasteiger partial charge < -0.3 is 4.57 Å². The molecule has 5 rings (SSSR count). The minimum Gasteiger partial charge on any atom is -0.302 e. The van der Waals surface area contributed by atoms with E-state index in [4.69, 9.17) is 0 Å². The Hall–Kier alpha value is -2.02. The van der Waals surface area contributed by atoms with Crippen LogP contribution in [0.15, 0.2) is 34.7 Å². The monoisotopic (exact) mass is 327 g/mol. The molecule has 3 aromatic rings. The fourth-order valence-electron chi connectivity index (χ4n) is 2.85. The largest absolute Gasteiger partial charge is 0.302 e. The Labute approximate surface area is 136 Å². The van der Waals surface area contributed by atoms with Crippen LogP contribution in [0.3, 0.4) is 0 Å². The molecular weight excluding hydrogens is 313 g/mol. The number of rotatable bonds is 4. The topological polar surface area (TPSA) is 56.5 Å². The van der Waals surface area contributed by atoms with Crippen LogP contribution in [-0.2, 0) is 0 Å². The first kappa shape index (κ1) is 13.4. The van der Waals surface area contributed by atoms with Crippen molar-refractivity contribution in [3.05, 3.63) is 36.2 Å². The molecule has 7 heteroatoms. The van der Waals surface area contributed by atoms with Crippen LogP contribution in [0.1, 0.15) is 43.5 Å². The van der Waals surface area contributed by atoms with E-state index >= 15 is 0 Å². The molecule has 2 saturated carbocycles. The molecule has 5 nitrogen and oxygen atoms in total. The molecule has 116 valence electrons. The van der Waals surface area contributed by atoms with E-state index in [9.17, 15) is 4.39 Å². The van der Waals surface area contributed by atoms with Gasteiger partial charge >= 0.3 is 0 Å². The molecule has 0 radical (unpaired) electrons. The number of hydrogen-bond acceptors (Lipinski definition) is 5. The number of halogens is 1. The standard InChI is InChI=1S/C16H14FN5S/c17-12-3-1-2-11-13(12)18-8-19-15(11)23-16-21-20-14(9-4-5-9)22(16)10-6-7-10/h1-3,8-10H,4-7H2. The summed E-state index contributed by atoms with van der Waals surface area (Å²) in [6, 6.07) is 5.47. The van der Waals surface area contributed by atoms with Crippen LogP contribution in [-0.4, -0.2) is 24.7 Å². The fraction of sp³-hybridized carbons (Fsp3) is 0.375. The lowest BCUT2D eigenvalue weighted by molar-refractivity contribution is 0.626. The quantitative estimate of drug-likeness (QED) is 0.684. The van der Waals surface area contributed by atoms with Gasteiger partial charge in [0, 0.05) is 17.3 Å². The maximum Gasteiger partial charge on any atom is 0.197 e. The molecule has 2 aliphatic carbocycles. The zero-order chi connectivity index (χ0) is 15.4. The second-order valence-electron chi connectivity index (χ2n) is 6.13. The molecule has 0 spiro atoms. The average Bonchev–Trinajstić information content (AvgIpc) is 3.48. The molecule has 2 heterocycles. The van der Waals surface area contributed by atoms with E-state index in [1.165, 1.54) is 49.8 Å². The number of fused-ring (bicyclic) bond motifs is 1. The van der Waals surface area contributed by atoms with E-state index in [-0.39, 0.29) is 5.82 Å². The summed E-state index contributed by atoms with van der Waals surface area (Å²) in [7, 11) is 0. The Bertz CT molecular complexity index is 901. The Morgan fingerprint density at radius 3 is 2.74 bits per heavy atom. The lowest BCUT2D eigenvalue weighted by Crippen LogP contribution is -2.02. The number of para-hydroxylation sites is 1. The first-order valence-electron chi connectivity index (χ1n) is 7.83. The second-order valence-corrected chi connectivity index (χ2v) is 7.09. The molecule has 2 aliphatic rings. The summed E-state index contributed by atoms with van der Waals surface area (Å²) >= 11 is 1.46. The van der Waals surface area contributed by atoms with Gasteiger partial charge in [-0.15, -0.1) is 10.2 Å². The molecule has 0 amide bonds. The van der Waals surface area contributed by atoms with Crippen molar-refractivity contribution in [1.82, 2.24) is 24.7 Å². The molecule has 0 N–H and O–H groups in total. The summed E-state index contributed by atoms with van der Waals surface area (Å²) in [4.78, 5) is 8.39. The third-order valence-corrected chi connectivity index (χ3v) is 5.29. The molecule has 23 heavy (non-hydrogen) atoms. The molecule has 0 saturated heterocycles. The van der Waals surface area contributed by atoms with Crippen LogP contribution in [0.5, 0.6) is 0 Å². The maximum atomic E-state index is 13.9. The number of benzene rings is 1. The summed E-state index contributed by atoms with van der Waals surface area (Å²) in [6.07, 6.45) is 6.19. The zero-order valence-corrected chi connectivity index (χ0v) is 13.1. The summed E-state index contributed by atoms with van der Waals surface area (Å²) in [5, 5.41) is 11.1. The highest BCUT2D eigenvalue weighted by molar-refractivity contribution is 7.99. The number of hydrogen-bond donors (Lipinski definition) is 0. The van der Waals surface area contributed by atoms with Crippen molar-refractivity contribution in [2.45, 2.75) is 47.8 Å². The van der Waals surface area contributed by atoms with Gasteiger partial charge in [0.05, 0.1) is 0 Å². The maximum absolute atomic E-state index is 13.9. The van der Waals surface area contributed by atoms with Gasteiger partial charge in [0.15, 0.2) is 5.16 Å². The highest BCUT2D eigenvalue weighted by Crippen LogP contribution is 2.46. The van der Waals surface area contributed by atoms with Gasteiger partial charge in [-0.3, -0.25) is 0 Å². The fourth-order valence-corrected chi connectivity index (χ4v) is 3.82. The minimum atomic E-state index is -0.325. The summed E-state index contributed by atoms with van der Waals surface area (Å²) in [6.45, 7) is 0. The van der Waals surface area contributed by atoms with Crippen molar-refractivity contribution in [3.8, 4) is 0 Å². The number of aromatic nitrogens is 5. The minimum absolute atomic E-state index is 0.325. The third-order valence-electron chi connectivity index (χ3n) is 4.31. The van der Waals surface area contributed by atoms with Crippen molar-refractivity contribution in [2.24, 2.45) is 0 Å². The van der Waals surface area contributed by atoms with Crippen LogP contribution < -0.4 is 0 Å². The third kappa shape index (κ3) is 2.30. The molecule has 0 atom stereocenters. The van der Waals surface area contributed by atoms with Gasteiger partial charge in [0.1, 0.15) is 28.5 Å². The van der Waals surface area contributed by atoms with Crippen LogP contribution in [0, 0.1) is 5.82 Å². The van der Waals surface area contributed by atoms with Gasteiger partial charge in [-0.05, 0) is 49.6 Å². The molecule has 0 unspecified atom stereocenters. The summed E-state index contributed by atoms with van der Waals surface area (Å²) in [5.41, 5.74) is 0.352. The molecule has 1 aromatic carbocycles. The second kappa shape index (κ2) is 4.99. The average molecular weight is 327 g/mol. The predicted octanol–water partition coefficient (Wildman–Crippen LogP) is 3.72. The summed E-state index contributed by atoms with van der Waals surface area (Å²) in [5.74, 6) is 1.35. The highest BCUT2D eigenvalue weighted by Gasteiger charge is 2.36. The van der Waals surface area contributed by atoms with Crippen LogP contribution in [0.25, 0.3) is 10.9 Å². The van der Waals surface area contributed by atoms with E-state index in [0.717, 1.165) is 21.4 Å². The smallest absolute Gasteiger partial charge is 0.197 e. The van der Waals surface area contributed by atoms with E-state index in [0.29, 0.717) is 17.5 Å². The van der Waals surface area contributed by atoms with Gasteiger partial charge in [-0.2, -0.15) is 0 Å². The molecule has 0 aliphatic heterocycles. The van der Waals surface area contributed by atoms with E-state index in [1.54, 1.807) is 6.07 Å². The normalized spacial score (nSPS) is 17.8. The molecular formula is C16H14FN5S. The van der Waals surface area contributed by atoms with Crippen molar-refractivity contribution in [2.75, 3.05) is 0 Å². The van der Waals surface area contributed by atoms with E-state index < -0.39 is 0 Å². The lowest BCUT2D eigenvalue weighted by atomic mass is 10.2. The Morgan fingerprint density at radius 2 is 1.96 bits per heavy atom. The highest BCUT2D eigenvalue weighted by atomic mass is 32.2. The van der Waals surface area contributed by atoms with Crippen molar-refractivity contribution >= 4 is 22.7 Å². The van der Waals surface area contributed by atoms with Crippen LogP contribution >= 0.6 is 11.8 Å². The SMILES string of the molecule is Fc1cccc2c(Sc3nnc(C4CC4)n3C3CC3)ncnc12. The number of nitrogens with zero attached hydrogens (tertiary/aromatic N) is 5. The molecule has 0 bridgehead atoms. The summed E-state index contributed by atoms with van der Waals surface area (Å²) < 4.78 is 16.2. The van der Waals surface area contributed by atoms with Crippen molar-refractivity contribution in [1.29, 1.82) is 0 Å². The van der Waals surface area contributed by atoms with Gasteiger partial charge in [0.2, 0.25) is 0 Å². The van der Waals surface area contributed by atoms with E-state index in [1.807, 2.05) is 6.07 Å². The van der Waals surface area contributed by atoms with Gasteiger partial charge in [0.25, 0.3) is 0 Å². The van der Waals surface area contributed by atoms with Crippen LogP contribution in [0.4, 0.5) is 4.39 Å². The predicted molar refractivity (Wildman–Crippen MR) is 83.9 cm³/mol. The van der Waals surface area contributed by atoms with E-state index in [2.05, 4.69) is 24.7 Å². The Morgan fingerprint density at radius 1 is 1.09 bits per heavy atom. The van der Waals surface area contributed by atoms with Crippen LogP contribution in [0.2, 0.25) is 0 Å². The van der Waals surface area contributed by atoms with Gasteiger partial charge in [-0.25, -0.2) is 14.4 Å². The van der Waals surface area contributed by atoms with Gasteiger partial charge in [-0.1, -0.05) is 6.07 Å². The lowest BCUT2D eigenvalue weighted by Gasteiger charge is -2.08. The van der Waals surface area contributed by atoms with Crippen molar-refractivity contribution < 1.29 is 4.39 Å².